The highest BCUT2D eigenvalue weighted by molar-refractivity contribution is 7.91. The van der Waals surface area contributed by atoms with Gasteiger partial charge in [-0.3, -0.25) is 0 Å². The van der Waals surface area contributed by atoms with Crippen LogP contribution in [-0.4, -0.2) is 33.4 Å². The Hall–Kier alpha value is -2.04. The number of quaternary nitrogens is 1. The number of benzene rings is 2. The Kier molecular flexibility index (Phi) is 6.73. The van der Waals surface area contributed by atoms with E-state index in [1.165, 1.54) is 36.5 Å². The van der Waals surface area contributed by atoms with Gasteiger partial charge in [0.1, 0.15) is 18.5 Å². The van der Waals surface area contributed by atoms with Crippen LogP contribution >= 0.6 is 23.2 Å². The highest BCUT2D eigenvalue weighted by Gasteiger charge is 2.50. The average molecular weight is 494 g/mol. The average Bonchev–Trinajstić information content (AvgIpc) is 2.69. The van der Waals surface area contributed by atoms with Crippen molar-refractivity contribution in [2.24, 2.45) is 5.73 Å². The quantitative estimate of drug-likeness (QED) is 0.547. The Morgan fingerprint density at radius 2 is 1.68 bits per heavy atom. The molecule has 0 saturated carbocycles. The van der Waals surface area contributed by atoms with Crippen LogP contribution in [0.3, 0.4) is 0 Å². The summed E-state index contributed by atoms with van der Waals surface area (Å²) < 4.78 is 69.6. The lowest BCUT2D eigenvalue weighted by atomic mass is 10.2. The minimum atomic E-state index is -4.90. The van der Waals surface area contributed by atoms with Crippen molar-refractivity contribution in [1.29, 1.82) is 0 Å². The maximum atomic E-state index is 13.1. The summed E-state index contributed by atoms with van der Waals surface area (Å²) in [6.07, 6.45) is -0.575. The van der Waals surface area contributed by atoms with Crippen LogP contribution in [0.5, 0.6) is 11.5 Å². The lowest BCUT2D eigenvalue weighted by Crippen LogP contribution is -2.54. The van der Waals surface area contributed by atoms with Crippen LogP contribution in [0, 0.1) is 0 Å². The Morgan fingerprint density at radius 3 is 2.23 bits per heavy atom. The van der Waals surface area contributed by atoms with Gasteiger partial charge in [-0.1, -0.05) is 35.3 Å². The van der Waals surface area contributed by atoms with Crippen molar-refractivity contribution >= 4 is 38.9 Å². The number of halogens is 5. The number of hydrogen-bond acceptors (Lipinski definition) is 4. The maximum absolute atomic E-state index is 13.1. The number of hydrogen-bond donors (Lipinski definition) is 1. The molecule has 1 aliphatic heterocycles. The van der Waals surface area contributed by atoms with Crippen LogP contribution in [0.25, 0.3) is 0 Å². The summed E-state index contributed by atoms with van der Waals surface area (Å²) >= 11 is 12.2. The fraction of sp³-hybridized carbons (Fsp3) is 0.200. The van der Waals surface area contributed by atoms with Crippen molar-refractivity contribution in [2.45, 2.75) is 6.18 Å². The van der Waals surface area contributed by atoms with E-state index in [0.29, 0.717) is 5.57 Å². The van der Waals surface area contributed by atoms with E-state index in [9.17, 15) is 21.6 Å². The van der Waals surface area contributed by atoms with Gasteiger partial charge in [-0.15, -0.1) is 0 Å². The topological polar surface area (TPSA) is 69.4 Å². The minimum absolute atomic E-state index is 0.0236. The molecular weight excluding hydrogens is 476 g/mol. The van der Waals surface area contributed by atoms with Crippen LogP contribution < -0.4 is 14.4 Å². The highest BCUT2D eigenvalue weighted by Crippen LogP contribution is 2.39. The predicted molar refractivity (Wildman–Crippen MR) is 116 cm³/mol. The van der Waals surface area contributed by atoms with E-state index in [-0.39, 0.29) is 40.3 Å². The number of rotatable bonds is 6. The Labute approximate surface area is 187 Å². The molecule has 11 heteroatoms. The van der Waals surface area contributed by atoms with Gasteiger partial charge in [-0.05, 0) is 30.3 Å². The van der Waals surface area contributed by atoms with Crippen molar-refractivity contribution in [1.82, 2.24) is 3.89 Å². The van der Waals surface area contributed by atoms with Crippen molar-refractivity contribution < 1.29 is 26.3 Å². The van der Waals surface area contributed by atoms with Crippen LogP contribution in [-0.2, 0) is 10.0 Å². The van der Waals surface area contributed by atoms with Crippen molar-refractivity contribution in [2.75, 3.05) is 18.8 Å². The summed E-state index contributed by atoms with van der Waals surface area (Å²) in [5.41, 5.74) is 6.13. The second kappa shape index (κ2) is 8.84. The fourth-order valence-corrected chi connectivity index (χ4v) is 5.34. The monoisotopic (exact) mass is 493 g/mol. The van der Waals surface area contributed by atoms with Gasteiger partial charge in [0.05, 0.1) is 10.0 Å². The Morgan fingerprint density at radius 1 is 1.06 bits per heavy atom. The number of nitrogens with zero attached hydrogens (tertiary/aromatic N) is 1. The van der Waals surface area contributed by atoms with E-state index in [1.807, 2.05) is 0 Å². The van der Waals surface area contributed by atoms with E-state index in [4.69, 9.17) is 33.7 Å². The third-order valence-electron chi connectivity index (χ3n) is 4.57. The standard InChI is InChI=1S/C20H18Cl2F3N2O3S/c21-17-4-1-5-18(22)19(17)30-16-8-6-15(7-9-16)27(10-2-3-14(11-26)12-27)31(28,29)13-20(23,24)25/h1-9,12H,10-11,13,26H2/q+1. The zero-order valence-electron chi connectivity index (χ0n) is 15.9. The molecule has 0 spiro atoms. The Balaban J connectivity index is 2.03. The van der Waals surface area contributed by atoms with E-state index in [1.54, 1.807) is 24.3 Å². The first-order valence-electron chi connectivity index (χ1n) is 8.96. The summed E-state index contributed by atoms with van der Waals surface area (Å²) in [6, 6.07) is 10.5. The molecule has 166 valence electrons. The van der Waals surface area contributed by atoms with Crippen LogP contribution in [0.2, 0.25) is 10.0 Å². The summed E-state index contributed by atoms with van der Waals surface area (Å²) in [5.74, 6) is -1.49. The summed E-state index contributed by atoms with van der Waals surface area (Å²) in [5, 5.41) is 0.536. The van der Waals surface area contributed by atoms with Gasteiger partial charge in [-0.25, -0.2) is 0 Å². The van der Waals surface area contributed by atoms with Gasteiger partial charge in [0.2, 0.25) is 0 Å². The minimum Gasteiger partial charge on any atom is -0.454 e. The lowest BCUT2D eigenvalue weighted by molar-refractivity contribution is -0.106. The van der Waals surface area contributed by atoms with Crippen molar-refractivity contribution in [3.63, 3.8) is 0 Å². The van der Waals surface area contributed by atoms with E-state index in [0.717, 1.165) is 0 Å². The number of sulfonamides is 1. The third kappa shape index (κ3) is 5.07. The molecule has 1 aliphatic rings. The van der Waals surface area contributed by atoms with E-state index < -0.39 is 25.8 Å². The molecule has 0 radical (unpaired) electrons. The van der Waals surface area contributed by atoms with Gasteiger partial charge in [-0.2, -0.15) is 25.5 Å². The summed E-state index contributed by atoms with van der Waals surface area (Å²) in [7, 11) is -4.74. The predicted octanol–water partition coefficient (Wildman–Crippen LogP) is 5.40. The molecule has 0 amide bonds. The van der Waals surface area contributed by atoms with Crippen LogP contribution in [0.15, 0.2) is 66.4 Å². The first kappa shape index (κ1) is 23.6. The molecule has 1 heterocycles. The molecule has 0 aliphatic carbocycles. The fourth-order valence-electron chi connectivity index (χ4n) is 3.17. The number of nitrogens with two attached hydrogens (primary N) is 1. The van der Waals surface area contributed by atoms with Gasteiger partial charge in [0.15, 0.2) is 17.2 Å². The molecule has 3 rings (SSSR count). The molecule has 5 nitrogen and oxygen atoms in total. The normalized spacial score (nSPS) is 19.2. The van der Waals surface area contributed by atoms with Gasteiger partial charge >= 0.3 is 16.2 Å². The van der Waals surface area contributed by atoms with Crippen LogP contribution in [0.1, 0.15) is 0 Å². The third-order valence-corrected chi connectivity index (χ3v) is 7.32. The smallest absolute Gasteiger partial charge is 0.408 e. The number of alkyl halides is 3. The zero-order chi connectivity index (χ0) is 22.9. The summed E-state index contributed by atoms with van der Waals surface area (Å²) in [6.45, 7) is -0.233. The molecule has 0 fully saturated rings. The lowest BCUT2D eigenvalue weighted by Gasteiger charge is -2.34. The molecule has 0 bridgehead atoms. The molecule has 1 atom stereocenters. The largest absolute Gasteiger partial charge is 0.454 e. The summed E-state index contributed by atoms with van der Waals surface area (Å²) in [4.78, 5) is 0. The highest BCUT2D eigenvalue weighted by atomic mass is 35.5. The van der Waals surface area contributed by atoms with Crippen LogP contribution in [0.4, 0.5) is 18.9 Å². The van der Waals surface area contributed by atoms with Gasteiger partial charge in [0, 0.05) is 24.3 Å². The second-order valence-corrected chi connectivity index (χ2v) is 9.70. The molecular formula is C20H18Cl2F3N2O3S+. The molecule has 2 aromatic rings. The first-order chi connectivity index (χ1) is 14.5. The second-order valence-electron chi connectivity index (χ2n) is 6.78. The molecule has 2 aromatic carbocycles. The van der Waals surface area contributed by atoms with Crippen molar-refractivity contribution in [3.8, 4) is 11.5 Å². The van der Waals surface area contributed by atoms with Gasteiger partial charge < -0.3 is 10.5 Å². The maximum Gasteiger partial charge on any atom is 0.408 e. The molecule has 31 heavy (non-hydrogen) atoms. The Bertz CT molecular complexity index is 1110. The molecule has 0 saturated heterocycles. The number of ether oxygens (including phenoxy) is 1. The van der Waals surface area contributed by atoms with E-state index >= 15 is 0 Å². The van der Waals surface area contributed by atoms with Crippen molar-refractivity contribution in [3.05, 3.63) is 76.4 Å². The zero-order valence-corrected chi connectivity index (χ0v) is 18.3. The van der Waals surface area contributed by atoms with Gasteiger partial charge in [0.25, 0.3) is 0 Å². The van der Waals surface area contributed by atoms with E-state index in [2.05, 4.69) is 0 Å². The molecule has 2 N–H and O–H groups in total. The number of para-hydroxylation sites is 1. The first-order valence-corrected chi connectivity index (χ1v) is 11.3. The SMILES string of the molecule is NCC1=C[N+](c2ccc(Oc3c(Cl)cccc3Cl)cc2)(S(=O)(=O)CC(F)(F)F)CC=C1. The molecule has 1 unspecified atom stereocenters. The molecule has 0 aromatic heterocycles.